The highest BCUT2D eigenvalue weighted by atomic mass is 32.2. The second-order valence-corrected chi connectivity index (χ2v) is 3.17. The fraction of sp³-hybridized carbons (Fsp3) is 0.429. The van der Waals surface area contributed by atoms with Crippen molar-refractivity contribution in [3.63, 3.8) is 0 Å². The molecule has 0 aliphatic heterocycles. The van der Waals surface area contributed by atoms with Crippen LogP contribution in [0.15, 0.2) is 9.72 Å². The van der Waals surface area contributed by atoms with Gasteiger partial charge in [-0.1, -0.05) is 13.8 Å². The average Bonchev–Trinajstić information content (AvgIpc) is 2.39. The van der Waals surface area contributed by atoms with E-state index in [1.807, 2.05) is 13.8 Å². The molecule has 0 bridgehead atoms. The molecule has 0 spiro atoms. The number of aromatic nitrogens is 1. The zero-order chi connectivity index (χ0) is 8.85. The first kappa shape index (κ1) is 10.7. The Kier molecular flexibility index (Phi) is 5.15. The topological polar surface area (TPSA) is 30.0 Å². The van der Waals surface area contributed by atoms with Crippen molar-refractivity contribution in [2.24, 2.45) is 0 Å². The molecule has 0 aliphatic rings. The molecule has 1 aromatic heterocycles. The summed E-state index contributed by atoms with van der Waals surface area (Å²) in [6, 6.07) is 0. The van der Waals surface area contributed by atoms with Crippen molar-refractivity contribution in [1.82, 2.24) is 4.98 Å². The van der Waals surface area contributed by atoms with Crippen LogP contribution in [0, 0.1) is 0 Å². The summed E-state index contributed by atoms with van der Waals surface area (Å²) in [4.78, 5) is 14.4. The standard InChI is InChI=1S/C5H5NOS2.C2H6/c1-3(7)4-5(8)9-2-6-4;1-2/h2,8H,1H3;1-2H3. The Morgan fingerprint density at radius 2 is 2.18 bits per heavy atom. The van der Waals surface area contributed by atoms with Gasteiger partial charge in [0.2, 0.25) is 0 Å². The highest BCUT2D eigenvalue weighted by Crippen LogP contribution is 2.17. The Morgan fingerprint density at radius 3 is 2.36 bits per heavy atom. The molecule has 1 heterocycles. The lowest BCUT2D eigenvalue weighted by Crippen LogP contribution is -1.91. The number of hydrogen-bond acceptors (Lipinski definition) is 4. The number of rotatable bonds is 1. The van der Waals surface area contributed by atoms with Gasteiger partial charge in [-0.2, -0.15) is 0 Å². The van der Waals surface area contributed by atoms with Gasteiger partial charge in [0.15, 0.2) is 5.78 Å². The van der Waals surface area contributed by atoms with Crippen LogP contribution in [0.25, 0.3) is 0 Å². The van der Waals surface area contributed by atoms with E-state index in [2.05, 4.69) is 17.6 Å². The zero-order valence-electron chi connectivity index (χ0n) is 6.79. The molecular formula is C7H11NOS2. The molecule has 0 aliphatic carbocycles. The minimum atomic E-state index is -0.0266. The smallest absolute Gasteiger partial charge is 0.180 e. The van der Waals surface area contributed by atoms with Gasteiger partial charge in [-0.15, -0.1) is 24.0 Å². The van der Waals surface area contributed by atoms with Crippen LogP contribution in [0.2, 0.25) is 0 Å². The highest BCUT2D eigenvalue weighted by molar-refractivity contribution is 7.82. The van der Waals surface area contributed by atoms with Crippen LogP contribution < -0.4 is 0 Å². The van der Waals surface area contributed by atoms with E-state index >= 15 is 0 Å². The number of thiol groups is 1. The van der Waals surface area contributed by atoms with Crippen LogP contribution in [0.1, 0.15) is 31.3 Å². The Hall–Kier alpha value is -0.350. The predicted octanol–water partition coefficient (Wildman–Crippen LogP) is 2.66. The first-order valence-corrected chi connectivity index (χ1v) is 4.68. The summed E-state index contributed by atoms with van der Waals surface area (Å²) in [5.41, 5.74) is 2.09. The van der Waals surface area contributed by atoms with Crippen molar-refractivity contribution < 1.29 is 4.79 Å². The van der Waals surface area contributed by atoms with Crippen molar-refractivity contribution in [3.05, 3.63) is 11.2 Å². The van der Waals surface area contributed by atoms with E-state index in [-0.39, 0.29) is 5.78 Å². The van der Waals surface area contributed by atoms with Gasteiger partial charge >= 0.3 is 0 Å². The molecule has 0 saturated carbocycles. The van der Waals surface area contributed by atoms with Gasteiger partial charge in [-0.3, -0.25) is 4.79 Å². The minimum absolute atomic E-state index is 0.0266. The van der Waals surface area contributed by atoms with Crippen LogP contribution in [0.3, 0.4) is 0 Å². The van der Waals surface area contributed by atoms with E-state index < -0.39 is 0 Å². The summed E-state index contributed by atoms with van der Waals surface area (Å²) >= 11 is 5.39. The molecule has 1 aromatic rings. The molecule has 0 radical (unpaired) electrons. The molecule has 0 unspecified atom stereocenters. The largest absolute Gasteiger partial charge is 0.293 e. The number of carbonyl (C=O) groups excluding carboxylic acids is 1. The molecule has 1 rings (SSSR count). The summed E-state index contributed by atoms with van der Waals surface area (Å²) in [5.74, 6) is -0.0266. The molecule has 62 valence electrons. The molecule has 0 atom stereocenters. The van der Waals surface area contributed by atoms with E-state index in [9.17, 15) is 4.79 Å². The van der Waals surface area contributed by atoms with E-state index in [1.165, 1.54) is 18.3 Å². The second-order valence-electron chi connectivity index (χ2n) is 1.56. The summed E-state index contributed by atoms with van der Waals surface area (Å²) in [6.45, 7) is 5.48. The van der Waals surface area contributed by atoms with E-state index in [0.717, 1.165) is 0 Å². The lowest BCUT2D eigenvalue weighted by molar-refractivity contribution is 0.101. The number of ketones is 1. The molecule has 0 fully saturated rings. The normalized spacial score (nSPS) is 8.36. The third-order valence-electron chi connectivity index (χ3n) is 0.882. The Bertz CT molecular complexity index is 232. The van der Waals surface area contributed by atoms with E-state index in [0.29, 0.717) is 9.90 Å². The van der Waals surface area contributed by atoms with Crippen LogP contribution in [0.5, 0.6) is 0 Å². The van der Waals surface area contributed by atoms with Crippen molar-refractivity contribution in [3.8, 4) is 0 Å². The summed E-state index contributed by atoms with van der Waals surface area (Å²) < 4.78 is 0.697. The molecule has 0 saturated heterocycles. The molecule has 11 heavy (non-hydrogen) atoms. The van der Waals surface area contributed by atoms with E-state index in [1.54, 1.807) is 5.51 Å². The number of Topliss-reactive ketones (excluding diaryl/α,β-unsaturated/α-hetero) is 1. The first-order valence-electron chi connectivity index (χ1n) is 3.35. The number of carbonyl (C=O) groups is 1. The summed E-state index contributed by atoms with van der Waals surface area (Å²) in [7, 11) is 0. The molecular weight excluding hydrogens is 178 g/mol. The molecule has 0 aromatic carbocycles. The van der Waals surface area contributed by atoms with Crippen molar-refractivity contribution in [1.29, 1.82) is 0 Å². The fourth-order valence-electron chi connectivity index (χ4n) is 0.482. The van der Waals surface area contributed by atoms with Gasteiger partial charge in [-0.25, -0.2) is 4.98 Å². The van der Waals surface area contributed by atoms with E-state index in [4.69, 9.17) is 0 Å². The molecule has 0 amide bonds. The first-order chi connectivity index (χ1) is 5.22. The van der Waals surface area contributed by atoms with Crippen molar-refractivity contribution in [2.75, 3.05) is 0 Å². The third-order valence-corrected chi connectivity index (χ3v) is 2.04. The number of thiazole rings is 1. The Labute approximate surface area is 76.1 Å². The monoisotopic (exact) mass is 189 g/mol. The predicted molar refractivity (Wildman–Crippen MR) is 50.7 cm³/mol. The van der Waals surface area contributed by atoms with Gasteiger partial charge in [0, 0.05) is 6.92 Å². The van der Waals surface area contributed by atoms with Crippen LogP contribution in [-0.4, -0.2) is 10.8 Å². The van der Waals surface area contributed by atoms with Crippen molar-refractivity contribution in [2.45, 2.75) is 25.0 Å². The number of hydrogen-bond donors (Lipinski definition) is 1. The van der Waals surface area contributed by atoms with Crippen LogP contribution >= 0.6 is 24.0 Å². The van der Waals surface area contributed by atoms with Gasteiger partial charge in [0.1, 0.15) is 5.69 Å². The van der Waals surface area contributed by atoms with Crippen LogP contribution in [-0.2, 0) is 0 Å². The average molecular weight is 189 g/mol. The van der Waals surface area contributed by atoms with Gasteiger partial charge in [-0.05, 0) is 0 Å². The molecule has 0 N–H and O–H groups in total. The maximum atomic E-state index is 10.6. The Morgan fingerprint density at radius 1 is 1.64 bits per heavy atom. The van der Waals surface area contributed by atoms with Crippen molar-refractivity contribution >= 4 is 29.7 Å². The molecule has 2 nitrogen and oxygen atoms in total. The third kappa shape index (κ3) is 3.03. The number of nitrogens with zero attached hydrogens (tertiary/aromatic N) is 1. The highest BCUT2D eigenvalue weighted by Gasteiger charge is 2.05. The maximum Gasteiger partial charge on any atom is 0.180 e. The Balaban J connectivity index is 0.000000461. The summed E-state index contributed by atoms with van der Waals surface area (Å²) in [6.07, 6.45) is 0. The van der Waals surface area contributed by atoms with Gasteiger partial charge < -0.3 is 0 Å². The zero-order valence-corrected chi connectivity index (χ0v) is 8.50. The second kappa shape index (κ2) is 5.32. The lowest BCUT2D eigenvalue weighted by Gasteiger charge is -1.84. The summed E-state index contributed by atoms with van der Waals surface area (Å²) in [5, 5.41) is 0. The van der Waals surface area contributed by atoms with Gasteiger partial charge in [0.25, 0.3) is 0 Å². The van der Waals surface area contributed by atoms with Crippen LogP contribution in [0.4, 0.5) is 0 Å². The fourth-order valence-corrected chi connectivity index (χ4v) is 1.40. The van der Waals surface area contributed by atoms with Gasteiger partial charge in [0.05, 0.1) is 9.72 Å². The minimum Gasteiger partial charge on any atom is -0.293 e. The quantitative estimate of drug-likeness (QED) is 0.543. The molecule has 4 heteroatoms. The SMILES string of the molecule is CC.CC(=O)c1ncsc1S. The lowest BCUT2D eigenvalue weighted by atomic mass is 10.4. The maximum absolute atomic E-state index is 10.6.